The molecule has 0 saturated heterocycles. The van der Waals surface area contributed by atoms with Crippen LogP contribution in [0.5, 0.6) is 0 Å². The van der Waals surface area contributed by atoms with Crippen LogP contribution in [0, 0.1) is 6.92 Å². The van der Waals surface area contributed by atoms with E-state index >= 15 is 0 Å². The molecule has 0 fully saturated rings. The number of unbranched alkanes of at least 4 members (excludes halogenated alkanes) is 8. The quantitative estimate of drug-likeness (QED) is 0.0866. The van der Waals surface area contributed by atoms with E-state index in [0.717, 1.165) is 19.3 Å². The number of aryl methyl sites for hydroxylation is 2. The molecule has 176 valence electrons. The Morgan fingerprint density at radius 2 is 1.48 bits per heavy atom. The first-order valence-electron chi connectivity index (χ1n) is 13.0. The fourth-order valence-electron chi connectivity index (χ4n) is 4.40. The fourth-order valence-corrected chi connectivity index (χ4v) is 4.40. The Morgan fingerprint density at radius 1 is 0.818 bits per heavy atom. The molecule has 0 N–H and O–H groups in total. The van der Waals surface area contributed by atoms with Gasteiger partial charge in [-0.3, -0.25) is 0 Å². The molecule has 0 spiro atoms. The minimum atomic E-state index is 0.955. The van der Waals surface area contributed by atoms with Gasteiger partial charge in [-0.1, -0.05) is 119 Å². The van der Waals surface area contributed by atoms with Gasteiger partial charge in [0.2, 0.25) is 0 Å². The Kier molecular flexibility index (Phi) is 12.9. The number of hydrogen-bond donors (Lipinski definition) is 0. The zero-order valence-corrected chi connectivity index (χ0v) is 21.1. The highest BCUT2D eigenvalue weighted by molar-refractivity contribution is 5.85. The number of hydrogen-bond acceptors (Lipinski definition) is 0. The molecule has 2 heteroatoms. The molecule has 0 unspecified atom stereocenters. The predicted octanol–water partition coefficient (Wildman–Crippen LogP) is 9.13. The monoisotopic (exact) mass is 442 g/mol. The minimum Gasteiger partial charge on any atom is -0.348 e. The largest absolute Gasteiger partial charge is 0.348 e. The van der Waals surface area contributed by atoms with Crippen LogP contribution in [0.25, 0.3) is 11.1 Å². The lowest BCUT2D eigenvalue weighted by Gasteiger charge is -2.15. The normalized spacial score (nSPS) is 11.5. The Balaban J connectivity index is 2.34. The van der Waals surface area contributed by atoms with Crippen molar-refractivity contribution in [3.8, 4) is 0 Å². The second-order valence-electron chi connectivity index (χ2n) is 9.17. The third-order valence-corrected chi connectivity index (χ3v) is 6.29. The highest BCUT2D eigenvalue weighted by Crippen LogP contribution is 2.31. The van der Waals surface area contributed by atoms with E-state index in [0.29, 0.717) is 0 Å². The lowest BCUT2D eigenvalue weighted by molar-refractivity contribution is 0.00800. The first-order valence-corrected chi connectivity index (χ1v) is 13.0. The molecule has 33 heavy (non-hydrogen) atoms. The molecule has 0 aliphatic carbocycles. The van der Waals surface area contributed by atoms with Crippen molar-refractivity contribution in [3.63, 3.8) is 0 Å². The molecule has 0 bridgehead atoms. The maximum Gasteiger partial charge on any atom is 0.299 e. The van der Waals surface area contributed by atoms with Gasteiger partial charge in [0.05, 0.1) is 6.08 Å². The third kappa shape index (κ3) is 9.79. The molecule has 2 aromatic rings. The molecule has 2 nitrogen and oxygen atoms in total. The van der Waals surface area contributed by atoms with Crippen LogP contribution in [0.2, 0.25) is 0 Å². The lowest BCUT2D eigenvalue weighted by atomic mass is 9.89. The zero-order chi connectivity index (χ0) is 23.7. The summed E-state index contributed by atoms with van der Waals surface area (Å²) < 4.78 is 0. The Bertz CT molecular complexity index is 939. The van der Waals surface area contributed by atoms with Crippen molar-refractivity contribution < 1.29 is 4.79 Å². The highest BCUT2D eigenvalue weighted by atomic mass is 14.8. The summed E-state index contributed by atoms with van der Waals surface area (Å²) in [4.78, 5) is 3.15. The van der Waals surface area contributed by atoms with E-state index < -0.39 is 0 Å². The molecule has 0 aliphatic rings. The Morgan fingerprint density at radius 3 is 2.15 bits per heavy atom. The van der Waals surface area contributed by atoms with Gasteiger partial charge >= 0.3 is 0 Å². The summed E-state index contributed by atoms with van der Waals surface area (Å²) in [7, 11) is 0. The van der Waals surface area contributed by atoms with Crippen LogP contribution in [0.15, 0.2) is 60.2 Å². The van der Waals surface area contributed by atoms with Crippen LogP contribution < -0.4 is 0 Å². The Hall–Kier alpha value is -2.66. The summed E-state index contributed by atoms with van der Waals surface area (Å²) in [6, 6.07) is 17.8. The van der Waals surface area contributed by atoms with Crippen LogP contribution >= 0.6 is 0 Å². The van der Waals surface area contributed by atoms with Gasteiger partial charge in [-0.15, -0.1) is 4.79 Å². The van der Waals surface area contributed by atoms with Crippen molar-refractivity contribution in [3.05, 3.63) is 88.0 Å². The van der Waals surface area contributed by atoms with Gasteiger partial charge in [0.15, 0.2) is 0 Å². The second kappa shape index (κ2) is 16.0. The van der Waals surface area contributed by atoms with Gasteiger partial charge in [-0.05, 0) is 60.4 Å². The average Bonchev–Trinajstić information content (AvgIpc) is 2.83. The van der Waals surface area contributed by atoms with Crippen LogP contribution in [-0.2, 0) is 6.42 Å². The van der Waals surface area contributed by atoms with Crippen molar-refractivity contribution in [2.45, 2.75) is 97.8 Å². The van der Waals surface area contributed by atoms with Gasteiger partial charge in [-0.25, -0.2) is 0 Å². The number of nitrogens with zero attached hydrogens (tertiary/aromatic N) is 2. The molecule has 0 saturated carbocycles. The van der Waals surface area contributed by atoms with Crippen molar-refractivity contribution in [2.24, 2.45) is 0 Å². The van der Waals surface area contributed by atoms with Crippen molar-refractivity contribution >= 4 is 11.4 Å². The van der Waals surface area contributed by atoms with E-state index in [1.165, 1.54) is 91.2 Å². The maximum absolute atomic E-state index is 9.07. The van der Waals surface area contributed by atoms with Crippen LogP contribution in [-0.4, -0.2) is 10.7 Å². The van der Waals surface area contributed by atoms with E-state index in [9.17, 15) is 0 Å². The van der Waals surface area contributed by atoms with Crippen molar-refractivity contribution in [2.75, 3.05) is 0 Å². The topological polar surface area (TPSA) is 36.4 Å². The summed E-state index contributed by atoms with van der Waals surface area (Å²) in [5.41, 5.74) is 16.6. The second-order valence-corrected chi connectivity index (χ2v) is 9.17. The van der Waals surface area contributed by atoms with Crippen LogP contribution in [0.4, 0.5) is 0 Å². The molecule has 0 amide bonds. The Labute approximate surface area is 202 Å². The van der Waals surface area contributed by atoms with E-state index in [2.05, 4.69) is 80.0 Å². The van der Waals surface area contributed by atoms with Crippen LogP contribution in [0.3, 0.4) is 0 Å². The summed E-state index contributed by atoms with van der Waals surface area (Å²) >= 11 is 0. The maximum atomic E-state index is 9.07. The molecule has 0 atom stereocenters. The molecule has 0 aliphatic heterocycles. The van der Waals surface area contributed by atoms with Crippen molar-refractivity contribution in [1.82, 2.24) is 0 Å². The smallest absolute Gasteiger partial charge is 0.299 e. The average molecular weight is 443 g/mol. The van der Waals surface area contributed by atoms with Gasteiger partial charge in [0.25, 0.3) is 5.87 Å². The van der Waals surface area contributed by atoms with Crippen LogP contribution in [0.1, 0.15) is 107 Å². The molecular formula is C31H42N2. The van der Waals surface area contributed by atoms with Gasteiger partial charge in [-0.2, -0.15) is 0 Å². The number of rotatable bonds is 15. The predicted molar refractivity (Wildman–Crippen MR) is 143 cm³/mol. The van der Waals surface area contributed by atoms with E-state index in [1.54, 1.807) is 0 Å². The fraction of sp³-hybridized carbons (Fsp3) is 0.484. The van der Waals surface area contributed by atoms with E-state index in [-0.39, 0.29) is 0 Å². The van der Waals surface area contributed by atoms with Gasteiger partial charge in [0.1, 0.15) is 0 Å². The van der Waals surface area contributed by atoms with E-state index in [4.69, 9.17) is 5.53 Å². The number of allylic oxidation sites excluding steroid dienone is 2. The summed E-state index contributed by atoms with van der Waals surface area (Å²) in [6.45, 7) is 6.65. The SMILES string of the molecule is CCCCCCCCC(C=C=[N+]=[N-])=C(c1ccc(CCCCCC)cc1)c1cccc(C)c1. The molecule has 0 aromatic heterocycles. The number of benzene rings is 2. The van der Waals surface area contributed by atoms with E-state index in [1.807, 2.05) is 6.08 Å². The summed E-state index contributed by atoms with van der Waals surface area (Å²) in [5.74, 6) is 2.69. The zero-order valence-electron chi connectivity index (χ0n) is 21.1. The first-order chi connectivity index (χ1) is 16.2. The molecule has 0 radical (unpaired) electrons. The lowest BCUT2D eigenvalue weighted by Crippen LogP contribution is -1.96. The molecule has 2 aromatic carbocycles. The summed E-state index contributed by atoms with van der Waals surface area (Å²) in [5, 5.41) is 0. The summed E-state index contributed by atoms with van der Waals surface area (Å²) in [6.07, 6.45) is 16.7. The van der Waals surface area contributed by atoms with Gasteiger partial charge < -0.3 is 5.53 Å². The molecule has 2 rings (SSSR count). The van der Waals surface area contributed by atoms with Gasteiger partial charge in [0, 0.05) is 0 Å². The minimum absolute atomic E-state index is 0.955. The first kappa shape index (κ1) is 26.6. The third-order valence-electron chi connectivity index (χ3n) is 6.29. The highest BCUT2D eigenvalue weighted by Gasteiger charge is 2.12. The molecule has 0 heterocycles. The van der Waals surface area contributed by atoms with Crippen molar-refractivity contribution in [1.29, 1.82) is 0 Å². The standard InChI is InChI=1S/C31H42N2/c1-4-6-8-10-11-13-17-28(23-24-33-32)31(30-18-14-15-26(3)25-30)29-21-19-27(20-22-29)16-12-9-7-5-2/h14-15,18-23,25H,4-13,16-17H2,1-3H3. The molecular weight excluding hydrogens is 400 g/mol.